The van der Waals surface area contributed by atoms with Crippen LogP contribution in [0, 0.1) is 5.82 Å². The van der Waals surface area contributed by atoms with Gasteiger partial charge in [0.05, 0.1) is 25.9 Å². The predicted molar refractivity (Wildman–Crippen MR) is 101 cm³/mol. The van der Waals surface area contributed by atoms with E-state index in [9.17, 15) is 17.6 Å². The number of methoxy groups -OCH3 is 1. The van der Waals surface area contributed by atoms with Crippen LogP contribution in [0.1, 0.15) is 15.9 Å². The zero-order valence-electron chi connectivity index (χ0n) is 15.4. The number of sulfonamides is 1. The Balaban J connectivity index is 1.77. The molecule has 0 radical (unpaired) electrons. The van der Waals surface area contributed by atoms with E-state index in [-0.39, 0.29) is 31.2 Å². The molecule has 7 nitrogen and oxygen atoms in total. The second-order valence-electron chi connectivity index (χ2n) is 6.21. The quantitative estimate of drug-likeness (QED) is 0.738. The summed E-state index contributed by atoms with van der Waals surface area (Å²) in [6.45, 7) is 1.29. The third-order valence-corrected chi connectivity index (χ3v) is 6.28. The molecule has 0 aromatic heterocycles. The van der Waals surface area contributed by atoms with Crippen molar-refractivity contribution in [2.24, 2.45) is 0 Å². The van der Waals surface area contributed by atoms with E-state index in [1.807, 2.05) is 6.07 Å². The summed E-state index contributed by atoms with van der Waals surface area (Å²) >= 11 is 0. The van der Waals surface area contributed by atoms with Gasteiger partial charge in [0.25, 0.3) is 0 Å². The van der Waals surface area contributed by atoms with E-state index in [2.05, 4.69) is 5.32 Å². The zero-order valence-corrected chi connectivity index (χ0v) is 16.2. The fourth-order valence-corrected chi connectivity index (χ4v) is 4.37. The van der Waals surface area contributed by atoms with E-state index >= 15 is 0 Å². The van der Waals surface area contributed by atoms with Gasteiger partial charge < -0.3 is 14.8 Å². The summed E-state index contributed by atoms with van der Waals surface area (Å²) in [6.07, 6.45) is 0. The lowest BCUT2D eigenvalue weighted by molar-refractivity contribution is 0.0600. The number of morpholine rings is 1. The minimum Gasteiger partial charge on any atom is -0.465 e. The molecule has 1 aliphatic heterocycles. The first-order chi connectivity index (χ1) is 13.4. The van der Waals surface area contributed by atoms with E-state index < -0.39 is 21.8 Å². The van der Waals surface area contributed by atoms with Crippen molar-refractivity contribution in [1.82, 2.24) is 4.31 Å². The summed E-state index contributed by atoms with van der Waals surface area (Å²) in [7, 11) is -2.63. The number of nitrogens with zero attached hydrogens (tertiary/aromatic N) is 1. The van der Waals surface area contributed by atoms with E-state index in [4.69, 9.17) is 9.47 Å². The van der Waals surface area contributed by atoms with Crippen molar-refractivity contribution in [3.63, 3.8) is 0 Å². The number of anilines is 1. The van der Waals surface area contributed by atoms with E-state index in [1.165, 1.54) is 23.5 Å². The highest BCUT2D eigenvalue weighted by Crippen LogP contribution is 2.24. The van der Waals surface area contributed by atoms with Crippen molar-refractivity contribution in [3.8, 4) is 0 Å². The van der Waals surface area contributed by atoms with Gasteiger partial charge in [-0.25, -0.2) is 17.6 Å². The van der Waals surface area contributed by atoms with Crippen LogP contribution in [0.15, 0.2) is 47.4 Å². The SMILES string of the molecule is COC(=O)c1cccc(CNc2ccc(F)c(S(=O)(=O)N3CCOCC3)c2)c1. The smallest absolute Gasteiger partial charge is 0.337 e. The van der Waals surface area contributed by atoms with Crippen molar-refractivity contribution in [2.75, 3.05) is 38.7 Å². The van der Waals surface area contributed by atoms with Gasteiger partial charge in [0.15, 0.2) is 0 Å². The van der Waals surface area contributed by atoms with Gasteiger partial charge in [-0.2, -0.15) is 4.31 Å². The number of nitrogens with one attached hydrogen (secondary N) is 1. The summed E-state index contributed by atoms with van der Waals surface area (Å²) in [5.74, 6) is -1.24. The summed E-state index contributed by atoms with van der Waals surface area (Å²) in [5, 5.41) is 3.06. The third kappa shape index (κ3) is 4.49. The number of rotatable bonds is 6. The molecular formula is C19H21FN2O5S. The largest absolute Gasteiger partial charge is 0.465 e. The number of carbonyl (C=O) groups is 1. The van der Waals surface area contributed by atoms with E-state index in [0.717, 1.165) is 11.6 Å². The summed E-state index contributed by atoms with van der Waals surface area (Å²) in [4.78, 5) is 11.2. The van der Waals surface area contributed by atoms with Crippen LogP contribution in [0.25, 0.3) is 0 Å². The van der Waals surface area contributed by atoms with Gasteiger partial charge in [-0.3, -0.25) is 0 Å². The van der Waals surface area contributed by atoms with Crippen LogP contribution in [0.4, 0.5) is 10.1 Å². The second kappa shape index (κ2) is 8.68. The lowest BCUT2D eigenvalue weighted by Crippen LogP contribution is -2.40. The van der Waals surface area contributed by atoms with E-state index in [1.54, 1.807) is 18.2 Å². The number of benzene rings is 2. The molecule has 1 fully saturated rings. The van der Waals surface area contributed by atoms with Crippen molar-refractivity contribution < 1.29 is 27.1 Å². The highest BCUT2D eigenvalue weighted by Gasteiger charge is 2.29. The lowest BCUT2D eigenvalue weighted by atomic mass is 10.1. The van der Waals surface area contributed by atoms with Gasteiger partial charge in [-0.05, 0) is 35.9 Å². The molecule has 0 saturated carbocycles. The standard InChI is InChI=1S/C19H21FN2O5S/c1-26-19(23)15-4-2-3-14(11-15)13-21-16-5-6-17(20)18(12-16)28(24,25)22-7-9-27-10-8-22/h2-6,11-12,21H,7-10,13H2,1H3. The molecule has 0 atom stereocenters. The van der Waals surface area contributed by atoms with Crippen LogP contribution in [-0.4, -0.2) is 52.1 Å². The third-order valence-electron chi connectivity index (χ3n) is 4.36. The van der Waals surface area contributed by atoms with Gasteiger partial charge in [-0.1, -0.05) is 12.1 Å². The minimum absolute atomic E-state index is 0.194. The molecule has 28 heavy (non-hydrogen) atoms. The Morgan fingerprint density at radius 2 is 1.96 bits per heavy atom. The van der Waals surface area contributed by atoms with Gasteiger partial charge >= 0.3 is 5.97 Å². The topological polar surface area (TPSA) is 84.9 Å². The van der Waals surface area contributed by atoms with Gasteiger partial charge in [-0.15, -0.1) is 0 Å². The molecule has 9 heteroatoms. The molecule has 150 valence electrons. The van der Waals surface area contributed by atoms with Crippen LogP contribution >= 0.6 is 0 Å². The summed E-state index contributed by atoms with van der Waals surface area (Å²) < 4.78 is 50.8. The number of halogens is 1. The van der Waals surface area contributed by atoms with Crippen molar-refractivity contribution in [2.45, 2.75) is 11.4 Å². The fraction of sp³-hybridized carbons (Fsp3) is 0.316. The van der Waals surface area contributed by atoms with Gasteiger partial charge in [0, 0.05) is 25.3 Å². The Morgan fingerprint density at radius 1 is 1.21 bits per heavy atom. The number of ether oxygens (including phenoxy) is 2. The van der Waals surface area contributed by atoms with Crippen LogP contribution in [0.5, 0.6) is 0 Å². The first kappa shape index (κ1) is 20.2. The molecule has 3 rings (SSSR count). The first-order valence-corrected chi connectivity index (χ1v) is 10.1. The molecule has 1 aliphatic rings. The molecular weight excluding hydrogens is 387 g/mol. The maximum atomic E-state index is 14.2. The lowest BCUT2D eigenvalue weighted by Gasteiger charge is -2.26. The normalized spacial score (nSPS) is 15.2. The minimum atomic E-state index is -3.94. The Hall–Kier alpha value is -2.49. The monoisotopic (exact) mass is 408 g/mol. The highest BCUT2D eigenvalue weighted by atomic mass is 32.2. The molecule has 0 spiro atoms. The van der Waals surface area contributed by atoms with Gasteiger partial charge in [0.2, 0.25) is 10.0 Å². The average Bonchev–Trinajstić information content (AvgIpc) is 2.73. The molecule has 1 N–H and O–H groups in total. The number of carbonyl (C=O) groups excluding carboxylic acids is 1. The second-order valence-corrected chi connectivity index (χ2v) is 8.11. The predicted octanol–water partition coefficient (Wildman–Crippen LogP) is 2.25. The molecule has 1 heterocycles. The molecule has 0 unspecified atom stereocenters. The van der Waals surface area contributed by atoms with Crippen molar-refractivity contribution in [1.29, 1.82) is 0 Å². The Bertz CT molecular complexity index is 959. The van der Waals surface area contributed by atoms with Gasteiger partial charge in [0.1, 0.15) is 10.7 Å². The maximum Gasteiger partial charge on any atom is 0.337 e. The highest BCUT2D eigenvalue weighted by molar-refractivity contribution is 7.89. The molecule has 0 amide bonds. The molecule has 0 aliphatic carbocycles. The van der Waals surface area contributed by atoms with Crippen molar-refractivity contribution in [3.05, 3.63) is 59.4 Å². The fourth-order valence-electron chi connectivity index (χ4n) is 2.87. The van der Waals surface area contributed by atoms with Crippen LogP contribution in [-0.2, 0) is 26.0 Å². The summed E-state index contributed by atoms with van der Waals surface area (Å²) in [6, 6.07) is 10.7. The first-order valence-electron chi connectivity index (χ1n) is 8.70. The molecule has 2 aromatic rings. The number of hydrogen-bond donors (Lipinski definition) is 1. The maximum absolute atomic E-state index is 14.2. The molecule has 2 aromatic carbocycles. The van der Waals surface area contributed by atoms with Crippen LogP contribution in [0.3, 0.4) is 0 Å². The van der Waals surface area contributed by atoms with E-state index in [0.29, 0.717) is 17.8 Å². The molecule has 0 bridgehead atoms. The van der Waals surface area contributed by atoms with Crippen LogP contribution in [0.2, 0.25) is 0 Å². The Morgan fingerprint density at radius 3 is 2.68 bits per heavy atom. The average molecular weight is 408 g/mol. The van der Waals surface area contributed by atoms with Crippen LogP contribution < -0.4 is 5.32 Å². The Kier molecular flexibility index (Phi) is 6.28. The zero-order chi connectivity index (χ0) is 20.1. The number of esters is 1. The van der Waals surface area contributed by atoms with Crippen molar-refractivity contribution >= 4 is 21.7 Å². The Labute approximate surface area is 163 Å². The summed E-state index contributed by atoms with van der Waals surface area (Å²) in [5.41, 5.74) is 1.66. The number of hydrogen-bond acceptors (Lipinski definition) is 6. The molecule has 1 saturated heterocycles.